The molecule has 0 aromatic rings. The van der Waals surface area contributed by atoms with Gasteiger partial charge in [0.2, 0.25) is 0 Å². The molecule has 0 atom stereocenters. The van der Waals surface area contributed by atoms with Crippen molar-refractivity contribution in [1.29, 1.82) is 0 Å². The number of hydrogen-bond acceptors (Lipinski definition) is 3. The Kier molecular flexibility index (Phi) is 33.7. The van der Waals surface area contributed by atoms with E-state index in [1.165, 1.54) is 154 Å². The lowest BCUT2D eigenvalue weighted by molar-refractivity contribution is -0.870. The Labute approximate surface area is 240 Å². The number of quaternary nitrogens is 2. The van der Waals surface area contributed by atoms with E-state index < -0.39 is 6.16 Å². The summed E-state index contributed by atoms with van der Waals surface area (Å²) in [4.78, 5) is 8.33. The van der Waals surface area contributed by atoms with Gasteiger partial charge in [-0.2, -0.15) is 0 Å². The monoisotopic (exact) mass is 545 g/mol. The fourth-order valence-corrected chi connectivity index (χ4v) is 4.50. The minimum Gasteiger partial charge on any atom is -0.652 e. The normalized spacial score (nSPS) is 11.4. The maximum absolute atomic E-state index is 8.33. The van der Waals surface area contributed by atoms with Crippen LogP contribution in [0.5, 0.6) is 0 Å². The Morgan fingerprint density at radius 3 is 0.711 bits per heavy atom. The third-order valence-corrected chi connectivity index (χ3v) is 6.86. The quantitative estimate of drug-likeness (QED) is 0.0930. The van der Waals surface area contributed by atoms with Crippen molar-refractivity contribution in [3.8, 4) is 0 Å². The molecule has 38 heavy (non-hydrogen) atoms. The summed E-state index contributed by atoms with van der Waals surface area (Å²) >= 11 is 0. The fourth-order valence-electron chi connectivity index (χ4n) is 4.50. The fraction of sp³-hybridized carbons (Fsp3) is 0.970. The third kappa shape index (κ3) is 55.6. The second-order valence-corrected chi connectivity index (χ2v) is 13.3. The summed E-state index contributed by atoms with van der Waals surface area (Å²) in [6, 6.07) is 0. The highest BCUT2D eigenvalue weighted by molar-refractivity contribution is 5.47. The molecular weight excluding hydrogens is 472 g/mol. The molecule has 0 aliphatic heterocycles. The Balaban J connectivity index is -0.000000564. The highest BCUT2D eigenvalue weighted by Crippen LogP contribution is 2.13. The van der Waals surface area contributed by atoms with E-state index in [2.05, 4.69) is 56.1 Å². The van der Waals surface area contributed by atoms with E-state index in [-0.39, 0.29) is 0 Å². The van der Waals surface area contributed by atoms with Gasteiger partial charge < -0.3 is 24.0 Å². The molecule has 0 radical (unpaired) electrons. The Hall–Kier alpha value is -0.810. The van der Waals surface area contributed by atoms with Crippen molar-refractivity contribution in [2.24, 2.45) is 0 Å². The van der Waals surface area contributed by atoms with Gasteiger partial charge in [0.1, 0.15) is 0 Å². The first kappa shape index (κ1) is 41.7. The van der Waals surface area contributed by atoms with Crippen molar-refractivity contribution in [1.82, 2.24) is 0 Å². The van der Waals surface area contributed by atoms with Crippen molar-refractivity contribution in [3.05, 3.63) is 0 Å². The predicted octanol–water partition coefficient (Wildman–Crippen LogP) is 7.56. The predicted molar refractivity (Wildman–Crippen MR) is 164 cm³/mol. The van der Waals surface area contributed by atoms with Gasteiger partial charge in [-0.25, -0.2) is 0 Å². The van der Waals surface area contributed by atoms with Crippen molar-refractivity contribution in [2.45, 2.75) is 155 Å². The van der Waals surface area contributed by atoms with E-state index in [0.717, 1.165) is 8.97 Å². The van der Waals surface area contributed by atoms with E-state index in [1.807, 2.05) is 0 Å². The number of rotatable bonds is 24. The Morgan fingerprint density at radius 2 is 0.553 bits per heavy atom. The molecule has 0 aliphatic rings. The second kappa shape index (κ2) is 30.7. The molecule has 0 aliphatic carbocycles. The van der Waals surface area contributed by atoms with E-state index in [9.17, 15) is 0 Å². The van der Waals surface area contributed by atoms with Crippen molar-refractivity contribution >= 4 is 6.16 Å². The number of hydrogen-bond donors (Lipinski definition) is 0. The van der Waals surface area contributed by atoms with Gasteiger partial charge in [-0.3, -0.25) is 0 Å². The molecule has 5 heteroatoms. The van der Waals surface area contributed by atoms with Crippen LogP contribution in [0.1, 0.15) is 155 Å². The minimum atomic E-state index is -2.33. The summed E-state index contributed by atoms with van der Waals surface area (Å²) in [7, 11) is 13.7. The average molecular weight is 545 g/mol. The molecule has 0 saturated carbocycles. The van der Waals surface area contributed by atoms with Gasteiger partial charge in [-0.1, -0.05) is 129 Å². The van der Waals surface area contributed by atoms with Crippen LogP contribution >= 0.6 is 0 Å². The summed E-state index contributed by atoms with van der Waals surface area (Å²) in [5, 5.41) is 16.7. The van der Waals surface area contributed by atoms with Crippen LogP contribution in [0.3, 0.4) is 0 Å². The molecule has 0 amide bonds. The van der Waals surface area contributed by atoms with E-state index in [0.29, 0.717) is 0 Å². The lowest BCUT2D eigenvalue weighted by atomic mass is 10.1. The minimum absolute atomic E-state index is 1.12. The second-order valence-electron chi connectivity index (χ2n) is 13.3. The van der Waals surface area contributed by atoms with Gasteiger partial charge in [0.15, 0.2) is 0 Å². The molecule has 0 rings (SSSR count). The van der Waals surface area contributed by atoms with E-state index in [1.54, 1.807) is 0 Å². The van der Waals surface area contributed by atoms with Gasteiger partial charge >= 0.3 is 0 Å². The van der Waals surface area contributed by atoms with Gasteiger partial charge in [0, 0.05) is 0 Å². The first-order chi connectivity index (χ1) is 17.9. The van der Waals surface area contributed by atoms with Crippen LogP contribution in [0.2, 0.25) is 0 Å². The van der Waals surface area contributed by atoms with Crippen LogP contribution in [0.25, 0.3) is 0 Å². The highest BCUT2D eigenvalue weighted by atomic mass is 16.6. The zero-order chi connectivity index (χ0) is 29.5. The first-order valence-corrected chi connectivity index (χ1v) is 16.3. The molecule has 0 bridgehead atoms. The summed E-state index contributed by atoms with van der Waals surface area (Å²) in [6.07, 6.45) is 29.5. The average Bonchev–Trinajstić information content (AvgIpc) is 2.80. The number of unbranched alkanes of at least 4 members (excludes halogenated alkanes) is 20. The van der Waals surface area contributed by atoms with Crippen LogP contribution in [0, 0.1) is 0 Å². The molecule has 0 heterocycles. The van der Waals surface area contributed by atoms with Crippen molar-refractivity contribution in [3.63, 3.8) is 0 Å². The zero-order valence-corrected chi connectivity index (χ0v) is 27.6. The van der Waals surface area contributed by atoms with Gasteiger partial charge in [0.05, 0.1) is 55.4 Å². The van der Waals surface area contributed by atoms with Crippen molar-refractivity contribution in [2.75, 3.05) is 55.4 Å². The molecular formula is C33H72N2O3. The van der Waals surface area contributed by atoms with Crippen LogP contribution in [-0.4, -0.2) is 70.5 Å². The van der Waals surface area contributed by atoms with Crippen molar-refractivity contribution < 1.29 is 24.0 Å². The standard InChI is InChI=1S/2C16H36N.CH2O3/c2*1-5-6-7-8-9-10-11-12-13-14-15-16-17(2,3)4;2-1(3)4/h2*5-16H2,1-4H3;(H2,2,3,4)/q2*+1;/p-2. The molecule has 0 aromatic carbocycles. The van der Waals surface area contributed by atoms with Crippen LogP contribution in [-0.2, 0) is 0 Å². The summed E-state index contributed by atoms with van der Waals surface area (Å²) in [5.74, 6) is 0. The molecule has 5 nitrogen and oxygen atoms in total. The van der Waals surface area contributed by atoms with Crippen LogP contribution in [0.4, 0.5) is 4.79 Å². The molecule has 0 saturated heterocycles. The van der Waals surface area contributed by atoms with Crippen LogP contribution < -0.4 is 10.2 Å². The Morgan fingerprint density at radius 1 is 0.395 bits per heavy atom. The maximum Gasteiger partial charge on any atom is 0.0780 e. The summed E-state index contributed by atoms with van der Waals surface area (Å²) < 4.78 is 2.24. The molecule has 232 valence electrons. The SMILES string of the molecule is CCCCCCCCCCCCC[N+](C)(C)C.CCCCCCCCCCCCC[N+](C)(C)C.O=C([O-])[O-]. The van der Waals surface area contributed by atoms with E-state index >= 15 is 0 Å². The molecule has 0 N–H and O–H groups in total. The molecule has 0 aromatic heterocycles. The molecule has 0 spiro atoms. The van der Waals surface area contributed by atoms with Gasteiger partial charge in [-0.05, 0) is 31.8 Å². The number of nitrogens with zero attached hydrogens (tertiary/aromatic N) is 2. The lowest BCUT2D eigenvalue weighted by Crippen LogP contribution is -2.37. The van der Waals surface area contributed by atoms with Gasteiger partial charge in [0.25, 0.3) is 0 Å². The van der Waals surface area contributed by atoms with E-state index in [4.69, 9.17) is 15.0 Å². The molecule has 0 unspecified atom stereocenters. The zero-order valence-electron chi connectivity index (χ0n) is 27.6. The maximum atomic E-state index is 8.33. The first-order valence-electron chi connectivity index (χ1n) is 16.3. The number of carbonyl (C=O) groups excluding carboxylic acids is 1. The molecule has 0 fully saturated rings. The third-order valence-electron chi connectivity index (χ3n) is 6.86. The summed E-state index contributed by atoms with van der Waals surface area (Å²) in [6.45, 7) is 7.24. The largest absolute Gasteiger partial charge is 0.652 e. The highest BCUT2D eigenvalue weighted by Gasteiger charge is 2.05. The smallest absolute Gasteiger partial charge is 0.0780 e. The lowest BCUT2D eigenvalue weighted by Gasteiger charge is -2.23. The topological polar surface area (TPSA) is 63.2 Å². The van der Waals surface area contributed by atoms with Crippen LogP contribution in [0.15, 0.2) is 0 Å². The summed E-state index contributed by atoms with van der Waals surface area (Å²) in [5.41, 5.74) is 0. The Bertz CT molecular complexity index is 416. The van der Waals surface area contributed by atoms with Gasteiger partial charge in [-0.15, -0.1) is 0 Å². The number of carbonyl (C=O) groups is 1. The number of carboxylic acid groups (broad SMARTS) is 2.